The van der Waals surface area contributed by atoms with Gasteiger partial charge in [0, 0.05) is 72.4 Å². The summed E-state index contributed by atoms with van der Waals surface area (Å²) >= 11 is 0. The molecule has 242 valence electrons. The number of aryl methyl sites for hydroxylation is 2. The molecular weight excluding hydrogens is 588 g/mol. The maximum atomic E-state index is 13.0. The van der Waals surface area contributed by atoms with Gasteiger partial charge in [-0.15, -0.1) is 0 Å². The molecule has 6 N–H and O–H groups in total. The van der Waals surface area contributed by atoms with Gasteiger partial charge in [-0.05, 0) is 81.8 Å². The predicted molar refractivity (Wildman–Crippen MR) is 176 cm³/mol. The number of anilines is 1. The van der Waals surface area contributed by atoms with E-state index >= 15 is 0 Å². The zero-order valence-corrected chi connectivity index (χ0v) is 26.7. The Kier molecular flexibility index (Phi) is 9.09. The van der Waals surface area contributed by atoms with Crippen molar-refractivity contribution >= 4 is 34.1 Å². The second-order valence-electron chi connectivity index (χ2n) is 12.3. The highest BCUT2D eigenvalue weighted by Crippen LogP contribution is 2.41. The number of carbonyl (C=O) groups is 3. The Balaban J connectivity index is 1.60. The van der Waals surface area contributed by atoms with E-state index in [-0.39, 0.29) is 82.1 Å². The zero-order valence-electron chi connectivity index (χ0n) is 26.7. The first-order valence-corrected chi connectivity index (χ1v) is 15.2. The van der Waals surface area contributed by atoms with E-state index in [2.05, 4.69) is 27.1 Å². The van der Waals surface area contributed by atoms with Crippen molar-refractivity contribution in [3.63, 3.8) is 0 Å². The van der Waals surface area contributed by atoms with E-state index in [0.717, 1.165) is 26.2 Å². The van der Waals surface area contributed by atoms with E-state index in [1.807, 2.05) is 0 Å². The average Bonchev–Trinajstić information content (AvgIpc) is 3.33. The Morgan fingerprint density at radius 1 is 0.761 bits per heavy atom. The molecule has 1 aromatic heterocycles. The van der Waals surface area contributed by atoms with E-state index in [1.54, 1.807) is 32.0 Å². The van der Waals surface area contributed by atoms with Gasteiger partial charge >= 0.3 is 0 Å². The van der Waals surface area contributed by atoms with Gasteiger partial charge in [-0.3, -0.25) is 19.3 Å². The van der Waals surface area contributed by atoms with Crippen LogP contribution in [0.15, 0.2) is 30.3 Å². The number of aromatic nitrogens is 1. The van der Waals surface area contributed by atoms with Crippen molar-refractivity contribution in [2.45, 2.75) is 40.5 Å². The van der Waals surface area contributed by atoms with Crippen LogP contribution in [-0.2, 0) is 17.6 Å². The second kappa shape index (κ2) is 12.9. The van der Waals surface area contributed by atoms with Crippen molar-refractivity contribution in [1.82, 2.24) is 14.8 Å². The molecule has 1 amide bonds. The van der Waals surface area contributed by atoms with Crippen molar-refractivity contribution in [2.24, 2.45) is 0 Å². The van der Waals surface area contributed by atoms with E-state index in [4.69, 9.17) is 0 Å². The lowest BCUT2D eigenvalue weighted by Gasteiger charge is -2.31. The van der Waals surface area contributed by atoms with Crippen LogP contribution in [0.2, 0.25) is 0 Å². The fourth-order valence-corrected chi connectivity index (χ4v) is 6.10. The second-order valence-corrected chi connectivity index (χ2v) is 12.3. The molecule has 2 heterocycles. The lowest BCUT2D eigenvalue weighted by molar-refractivity contribution is -0.117. The normalized spacial score (nSPS) is 14.1. The number of ketones is 2. The van der Waals surface area contributed by atoms with Crippen LogP contribution >= 0.6 is 0 Å². The van der Waals surface area contributed by atoms with Crippen LogP contribution in [0.4, 0.5) is 5.69 Å². The molecule has 1 saturated heterocycles. The van der Waals surface area contributed by atoms with Gasteiger partial charge in [0.15, 0.2) is 11.6 Å². The summed E-state index contributed by atoms with van der Waals surface area (Å²) in [5, 5.41) is 47.8. The first kappa shape index (κ1) is 32.5. The number of aromatic hydroxyl groups is 4. The van der Waals surface area contributed by atoms with Crippen molar-refractivity contribution in [3.05, 3.63) is 75.0 Å². The maximum absolute atomic E-state index is 13.0. The fraction of sp³-hybridized carbons (Fsp3) is 0.343. The smallest absolute Gasteiger partial charge is 0.238 e. The number of nitrogens with zero attached hydrogens (tertiary/aromatic N) is 2. The molecule has 1 aliphatic rings. The summed E-state index contributed by atoms with van der Waals surface area (Å²) in [6.45, 7) is 9.56. The van der Waals surface area contributed by atoms with Crippen LogP contribution in [0.3, 0.4) is 0 Å². The number of hydrogen-bond acceptors (Lipinski definition) is 9. The first-order chi connectivity index (χ1) is 21.7. The number of phenolic OH excluding ortho intramolecular Hbond substituents is 4. The summed E-state index contributed by atoms with van der Waals surface area (Å²) in [6.07, 6.45) is -0.0534. The summed E-state index contributed by atoms with van der Waals surface area (Å²) in [4.78, 5) is 45.2. The quantitative estimate of drug-likeness (QED) is 0.148. The number of piperazine rings is 1. The Bertz CT molecular complexity index is 1870. The van der Waals surface area contributed by atoms with E-state index in [0.29, 0.717) is 39.0 Å². The van der Waals surface area contributed by atoms with Gasteiger partial charge < -0.3 is 35.6 Å². The summed E-state index contributed by atoms with van der Waals surface area (Å²) in [6, 6.07) is 8.22. The summed E-state index contributed by atoms with van der Waals surface area (Å²) in [7, 11) is 2.05. The van der Waals surface area contributed by atoms with Gasteiger partial charge in [-0.1, -0.05) is 0 Å². The summed E-state index contributed by atoms with van der Waals surface area (Å²) in [5.41, 5.74) is 3.60. The number of benzene rings is 3. The van der Waals surface area contributed by atoms with Gasteiger partial charge in [0.25, 0.3) is 0 Å². The van der Waals surface area contributed by atoms with E-state index in [9.17, 15) is 34.8 Å². The van der Waals surface area contributed by atoms with Crippen LogP contribution in [0.1, 0.15) is 68.1 Å². The number of rotatable bonds is 9. The fourth-order valence-electron chi connectivity index (χ4n) is 6.10. The van der Waals surface area contributed by atoms with Crippen LogP contribution in [0.5, 0.6) is 23.0 Å². The molecule has 0 saturated carbocycles. The third-order valence-corrected chi connectivity index (χ3v) is 8.83. The highest BCUT2D eigenvalue weighted by Gasteiger charge is 2.25. The highest BCUT2D eigenvalue weighted by molar-refractivity contribution is 5.99. The molecule has 11 heteroatoms. The minimum absolute atomic E-state index is 0.0261. The largest absolute Gasteiger partial charge is 0.507 e. The Morgan fingerprint density at radius 3 is 1.85 bits per heavy atom. The number of Topliss-reactive ketones (excluding diaryl/α,β-unsaturated/α-hetero) is 2. The molecule has 0 bridgehead atoms. The van der Waals surface area contributed by atoms with Crippen LogP contribution in [0, 0.1) is 13.8 Å². The molecule has 46 heavy (non-hydrogen) atoms. The molecule has 4 aromatic rings. The number of phenols is 4. The molecule has 0 unspecified atom stereocenters. The number of likely N-dealkylation sites (N-methyl/N-ethyl adjacent to an activating group) is 1. The number of fused-ring (bicyclic) bond motifs is 1. The SMILES string of the molecule is CC(=O)c1cc(C)c(O)c(Cc2[nH]c3ccc(NC(=O)CN4CCN(C)CC4)cc3c2Cc2c(O)c(C)cc(C(C)=O)c2O)c1O. The van der Waals surface area contributed by atoms with Gasteiger partial charge in [-0.2, -0.15) is 0 Å². The molecule has 11 nitrogen and oxygen atoms in total. The Labute approximate surface area is 267 Å². The lowest BCUT2D eigenvalue weighted by atomic mass is 9.92. The predicted octanol–water partition coefficient (Wildman–Crippen LogP) is 4.38. The molecule has 0 radical (unpaired) electrons. The number of amides is 1. The van der Waals surface area contributed by atoms with Crippen molar-refractivity contribution < 1.29 is 34.8 Å². The Morgan fingerprint density at radius 2 is 1.30 bits per heavy atom. The van der Waals surface area contributed by atoms with E-state index < -0.39 is 0 Å². The molecule has 5 rings (SSSR count). The van der Waals surface area contributed by atoms with Gasteiger partial charge in [0.05, 0.1) is 17.7 Å². The Hall–Kier alpha value is -4.87. The molecule has 1 fully saturated rings. The summed E-state index contributed by atoms with van der Waals surface area (Å²) in [5.74, 6) is -1.89. The third-order valence-electron chi connectivity index (χ3n) is 8.83. The average molecular weight is 629 g/mol. The topological polar surface area (TPSA) is 166 Å². The van der Waals surface area contributed by atoms with Gasteiger partial charge in [0.2, 0.25) is 5.91 Å². The molecular formula is C35H40N4O7. The lowest BCUT2D eigenvalue weighted by Crippen LogP contribution is -2.47. The van der Waals surface area contributed by atoms with E-state index in [1.165, 1.54) is 26.0 Å². The minimum Gasteiger partial charge on any atom is -0.507 e. The maximum Gasteiger partial charge on any atom is 0.238 e. The molecule has 3 aromatic carbocycles. The van der Waals surface area contributed by atoms with Crippen LogP contribution in [-0.4, -0.2) is 92.5 Å². The summed E-state index contributed by atoms with van der Waals surface area (Å²) < 4.78 is 0. The van der Waals surface area contributed by atoms with Crippen LogP contribution in [0.25, 0.3) is 10.9 Å². The molecule has 0 aliphatic carbocycles. The standard InChI is InChI=1S/C35H40N4O7/c1-18-12-23(20(3)40)34(45)27(32(18)43)15-26-25-14-22(36-31(42)17-39-10-8-38(5)9-11-39)6-7-29(25)37-30(26)16-28-33(44)19(2)13-24(21(4)41)35(28)46/h6-7,12-14,37,43-46H,8-11,15-17H2,1-5H3,(H,36,42). The van der Waals surface area contributed by atoms with Crippen molar-refractivity contribution in [1.29, 1.82) is 0 Å². The third kappa shape index (κ3) is 6.42. The van der Waals surface area contributed by atoms with Crippen molar-refractivity contribution in [2.75, 3.05) is 45.1 Å². The first-order valence-electron chi connectivity index (χ1n) is 15.2. The zero-order chi connectivity index (χ0) is 33.4. The number of aromatic amines is 1. The van der Waals surface area contributed by atoms with Gasteiger partial charge in [0.1, 0.15) is 23.0 Å². The number of hydrogen-bond donors (Lipinski definition) is 6. The number of nitrogens with one attached hydrogen (secondary N) is 2. The van der Waals surface area contributed by atoms with Crippen molar-refractivity contribution in [3.8, 4) is 23.0 Å². The molecule has 0 atom stereocenters. The minimum atomic E-state index is -0.363. The highest BCUT2D eigenvalue weighted by atomic mass is 16.3. The van der Waals surface area contributed by atoms with Crippen LogP contribution < -0.4 is 5.32 Å². The van der Waals surface area contributed by atoms with Gasteiger partial charge in [-0.25, -0.2) is 0 Å². The number of carbonyl (C=O) groups excluding carboxylic acids is 3. The molecule has 1 aliphatic heterocycles. The monoisotopic (exact) mass is 628 g/mol. The molecule has 0 spiro atoms. The number of H-pyrrole nitrogens is 1.